The minimum atomic E-state index is -1.06. The molecule has 0 fully saturated rings. The Morgan fingerprint density at radius 2 is 1.93 bits per heavy atom. The molecule has 0 bridgehead atoms. The fourth-order valence-electron chi connectivity index (χ4n) is 2.60. The molecule has 1 amide bonds. The van der Waals surface area contributed by atoms with Crippen LogP contribution in [-0.2, 0) is 22.4 Å². The lowest BCUT2D eigenvalue weighted by molar-refractivity contribution is -0.141. The van der Waals surface area contributed by atoms with E-state index in [1.165, 1.54) is 11.3 Å². The van der Waals surface area contributed by atoms with Gasteiger partial charge in [-0.1, -0.05) is 58.4 Å². The lowest BCUT2D eigenvalue weighted by atomic mass is 10.1. The number of rotatable bonds is 7. The third-order valence-electron chi connectivity index (χ3n) is 3.88. The fraction of sp³-hybridized carbons (Fsp3) is 0.150. The van der Waals surface area contributed by atoms with E-state index in [9.17, 15) is 14.7 Å². The first-order chi connectivity index (χ1) is 13.0. The highest BCUT2D eigenvalue weighted by atomic mass is 79.9. The summed E-state index contributed by atoms with van der Waals surface area (Å²) in [5, 5.41) is 14.6. The smallest absolute Gasteiger partial charge is 0.326 e. The summed E-state index contributed by atoms with van der Waals surface area (Å²) in [6.07, 6.45) is 0.283. The standard InChI is InChI=1S/C20H17BrN2O3S/c21-15-8-4-7-14(10-15)19-22-16(12-27-19)11-18(24)23-17(20(25)26)9-13-5-2-1-3-6-13/h1-8,10,12,17H,9,11H2,(H,23,24)(H,25,26)/t17-/m0/s1. The van der Waals surface area contributed by atoms with Crippen LogP contribution in [-0.4, -0.2) is 28.0 Å². The summed E-state index contributed by atoms with van der Waals surface area (Å²) in [6.45, 7) is 0. The fourth-order valence-corrected chi connectivity index (χ4v) is 3.82. The number of halogens is 1. The second-order valence-corrected chi connectivity index (χ2v) is 7.75. The number of hydrogen-bond donors (Lipinski definition) is 2. The summed E-state index contributed by atoms with van der Waals surface area (Å²) in [4.78, 5) is 28.3. The summed E-state index contributed by atoms with van der Waals surface area (Å²) in [6, 6.07) is 16.0. The first-order valence-electron chi connectivity index (χ1n) is 8.27. The number of nitrogens with one attached hydrogen (secondary N) is 1. The van der Waals surface area contributed by atoms with Crippen LogP contribution in [0.25, 0.3) is 10.6 Å². The van der Waals surface area contributed by atoms with Crippen molar-refractivity contribution in [1.82, 2.24) is 10.3 Å². The van der Waals surface area contributed by atoms with Gasteiger partial charge in [-0.3, -0.25) is 4.79 Å². The van der Waals surface area contributed by atoms with Gasteiger partial charge in [0.2, 0.25) is 5.91 Å². The average Bonchev–Trinajstić information content (AvgIpc) is 3.10. The van der Waals surface area contributed by atoms with Crippen LogP contribution in [0.2, 0.25) is 0 Å². The van der Waals surface area contributed by atoms with Crippen LogP contribution in [0.4, 0.5) is 0 Å². The molecule has 0 aliphatic carbocycles. The van der Waals surface area contributed by atoms with Gasteiger partial charge in [0.1, 0.15) is 11.0 Å². The Morgan fingerprint density at radius 1 is 1.15 bits per heavy atom. The average molecular weight is 445 g/mol. The first-order valence-corrected chi connectivity index (χ1v) is 9.95. The van der Waals surface area contributed by atoms with Gasteiger partial charge in [-0.15, -0.1) is 11.3 Å². The van der Waals surface area contributed by atoms with Gasteiger partial charge in [-0.2, -0.15) is 0 Å². The molecule has 7 heteroatoms. The van der Waals surface area contributed by atoms with Crippen molar-refractivity contribution in [2.45, 2.75) is 18.9 Å². The predicted molar refractivity (Wildman–Crippen MR) is 109 cm³/mol. The Balaban J connectivity index is 1.63. The van der Waals surface area contributed by atoms with E-state index in [0.29, 0.717) is 5.69 Å². The predicted octanol–water partition coefficient (Wildman–Crippen LogP) is 3.93. The largest absolute Gasteiger partial charge is 0.480 e. The third kappa shape index (κ3) is 5.48. The van der Waals surface area contributed by atoms with Gasteiger partial charge in [0.05, 0.1) is 12.1 Å². The van der Waals surface area contributed by atoms with Gasteiger partial charge >= 0.3 is 5.97 Å². The summed E-state index contributed by atoms with van der Waals surface area (Å²) < 4.78 is 0.958. The number of carbonyl (C=O) groups excluding carboxylic acids is 1. The van der Waals surface area contributed by atoms with E-state index >= 15 is 0 Å². The zero-order valence-corrected chi connectivity index (χ0v) is 16.7. The Bertz CT molecular complexity index is 943. The Kier molecular flexibility index (Phi) is 6.36. The lowest BCUT2D eigenvalue weighted by Crippen LogP contribution is -2.43. The van der Waals surface area contributed by atoms with E-state index < -0.39 is 12.0 Å². The molecule has 138 valence electrons. The highest BCUT2D eigenvalue weighted by Gasteiger charge is 2.21. The molecule has 1 heterocycles. The van der Waals surface area contributed by atoms with Crippen LogP contribution in [0.5, 0.6) is 0 Å². The van der Waals surface area contributed by atoms with Crippen molar-refractivity contribution in [3.8, 4) is 10.6 Å². The summed E-state index contributed by atoms with van der Waals surface area (Å²) in [5.74, 6) is -1.41. The van der Waals surface area contributed by atoms with Crippen molar-refractivity contribution in [2.24, 2.45) is 0 Å². The van der Waals surface area contributed by atoms with E-state index in [-0.39, 0.29) is 18.7 Å². The van der Waals surface area contributed by atoms with Gasteiger partial charge in [0.15, 0.2) is 0 Å². The summed E-state index contributed by atoms with van der Waals surface area (Å²) in [5.41, 5.74) is 2.45. The van der Waals surface area contributed by atoms with E-state index in [1.54, 1.807) is 0 Å². The first kappa shape index (κ1) is 19.3. The molecule has 1 atom stereocenters. The molecule has 1 aromatic heterocycles. The minimum Gasteiger partial charge on any atom is -0.480 e. The van der Waals surface area contributed by atoms with Crippen LogP contribution in [0.3, 0.4) is 0 Å². The Morgan fingerprint density at radius 3 is 2.63 bits per heavy atom. The summed E-state index contributed by atoms with van der Waals surface area (Å²) in [7, 11) is 0. The third-order valence-corrected chi connectivity index (χ3v) is 5.31. The highest BCUT2D eigenvalue weighted by Crippen LogP contribution is 2.26. The molecule has 0 saturated heterocycles. The molecule has 3 rings (SSSR count). The number of benzene rings is 2. The van der Waals surface area contributed by atoms with E-state index in [0.717, 1.165) is 20.6 Å². The van der Waals surface area contributed by atoms with E-state index in [2.05, 4.69) is 26.2 Å². The maximum Gasteiger partial charge on any atom is 0.326 e. The molecular formula is C20H17BrN2O3S. The lowest BCUT2D eigenvalue weighted by Gasteiger charge is -2.14. The van der Waals surface area contributed by atoms with Gasteiger partial charge in [-0.05, 0) is 17.7 Å². The normalized spacial score (nSPS) is 11.7. The number of hydrogen-bond acceptors (Lipinski definition) is 4. The number of carboxylic acid groups (broad SMARTS) is 1. The van der Waals surface area contributed by atoms with Gasteiger partial charge in [0, 0.05) is 21.8 Å². The molecule has 0 aliphatic rings. The second-order valence-electron chi connectivity index (χ2n) is 5.98. The number of nitrogens with zero attached hydrogens (tertiary/aromatic N) is 1. The van der Waals surface area contributed by atoms with Crippen LogP contribution in [0.1, 0.15) is 11.3 Å². The maximum absolute atomic E-state index is 12.3. The molecule has 0 radical (unpaired) electrons. The van der Waals surface area contributed by atoms with Crippen molar-refractivity contribution >= 4 is 39.1 Å². The molecule has 2 N–H and O–H groups in total. The number of carboxylic acids is 1. The van der Waals surface area contributed by atoms with Crippen LogP contribution >= 0.6 is 27.3 Å². The molecule has 27 heavy (non-hydrogen) atoms. The topological polar surface area (TPSA) is 79.3 Å². The van der Waals surface area contributed by atoms with Gasteiger partial charge in [-0.25, -0.2) is 9.78 Å². The molecular weight excluding hydrogens is 428 g/mol. The molecule has 5 nitrogen and oxygen atoms in total. The number of thiazole rings is 1. The quantitative estimate of drug-likeness (QED) is 0.578. The number of carbonyl (C=O) groups is 2. The summed E-state index contributed by atoms with van der Waals surface area (Å²) >= 11 is 4.88. The second kappa shape index (κ2) is 8.92. The van der Waals surface area contributed by atoms with Crippen molar-refractivity contribution in [2.75, 3.05) is 0 Å². The highest BCUT2D eigenvalue weighted by molar-refractivity contribution is 9.10. The molecule has 0 unspecified atom stereocenters. The molecule has 0 saturated carbocycles. The van der Waals surface area contributed by atoms with Crippen molar-refractivity contribution in [3.63, 3.8) is 0 Å². The monoisotopic (exact) mass is 444 g/mol. The molecule has 0 spiro atoms. The van der Waals surface area contributed by atoms with E-state index in [4.69, 9.17) is 0 Å². The molecule has 3 aromatic rings. The zero-order chi connectivity index (χ0) is 19.2. The van der Waals surface area contributed by atoms with Crippen molar-refractivity contribution < 1.29 is 14.7 Å². The van der Waals surface area contributed by atoms with Gasteiger partial charge in [0.25, 0.3) is 0 Å². The maximum atomic E-state index is 12.3. The molecule has 2 aromatic carbocycles. The number of aliphatic carboxylic acids is 1. The van der Waals surface area contributed by atoms with Gasteiger partial charge < -0.3 is 10.4 Å². The number of amides is 1. The number of aromatic nitrogens is 1. The van der Waals surface area contributed by atoms with Crippen molar-refractivity contribution in [1.29, 1.82) is 0 Å². The van der Waals surface area contributed by atoms with Crippen molar-refractivity contribution in [3.05, 3.63) is 75.7 Å². The minimum absolute atomic E-state index is 0.0447. The zero-order valence-electron chi connectivity index (χ0n) is 14.3. The van der Waals surface area contributed by atoms with Crippen LogP contribution in [0, 0.1) is 0 Å². The Labute approximate surface area is 169 Å². The molecule has 0 aliphatic heterocycles. The van der Waals surface area contributed by atoms with Crippen LogP contribution < -0.4 is 5.32 Å². The van der Waals surface area contributed by atoms with Crippen LogP contribution in [0.15, 0.2) is 64.5 Å². The SMILES string of the molecule is O=C(Cc1csc(-c2cccc(Br)c2)n1)N[C@@H](Cc1ccccc1)C(=O)O. The Hall–Kier alpha value is -2.51. The van der Waals surface area contributed by atoms with E-state index in [1.807, 2.05) is 60.0 Å².